The molecule has 2 heteroatoms. The Balaban J connectivity index is 3.19. The molecule has 1 heterocycles. The van der Waals surface area contributed by atoms with Gasteiger partial charge in [0, 0.05) is 18.9 Å². The van der Waals surface area contributed by atoms with Crippen molar-refractivity contribution in [3.63, 3.8) is 0 Å². The lowest BCUT2D eigenvalue weighted by molar-refractivity contribution is 0.827. The van der Waals surface area contributed by atoms with Crippen molar-refractivity contribution in [2.45, 2.75) is 13.8 Å². The average Bonchev–Trinajstić information content (AvgIpc) is 1.98. The summed E-state index contributed by atoms with van der Waals surface area (Å²) in [7, 11) is 2.01. The molecule has 0 bridgehead atoms. The van der Waals surface area contributed by atoms with E-state index in [2.05, 4.69) is 9.55 Å². The van der Waals surface area contributed by atoms with Crippen LogP contribution in [0.4, 0.5) is 0 Å². The van der Waals surface area contributed by atoms with E-state index in [1.165, 1.54) is 5.69 Å². The van der Waals surface area contributed by atoms with Crippen molar-refractivity contribution in [2.24, 2.45) is 7.05 Å². The minimum Gasteiger partial charge on any atom is -0.336 e. The van der Waals surface area contributed by atoms with Crippen molar-refractivity contribution < 1.29 is 0 Å². The first kappa shape index (κ1) is 5.35. The molecule has 0 fully saturated rings. The molecule has 44 valence electrons. The van der Waals surface area contributed by atoms with E-state index < -0.39 is 0 Å². The van der Waals surface area contributed by atoms with Crippen LogP contribution in [0.2, 0.25) is 0 Å². The van der Waals surface area contributed by atoms with E-state index in [4.69, 9.17) is 0 Å². The molecule has 0 radical (unpaired) electrons. The Morgan fingerprint density at radius 2 is 2.12 bits per heavy atom. The van der Waals surface area contributed by atoms with Gasteiger partial charge in [0.25, 0.3) is 0 Å². The lowest BCUT2D eigenvalue weighted by atomic mass is 10.5. The lowest BCUT2D eigenvalue weighted by Gasteiger charge is -1.93. The highest BCUT2D eigenvalue weighted by Gasteiger charge is 1.92. The van der Waals surface area contributed by atoms with Gasteiger partial charge < -0.3 is 4.57 Å². The molecule has 1 aromatic heterocycles. The number of rotatable bonds is 0. The number of aromatic nitrogens is 2. The average molecular weight is 110 g/mol. The molecule has 0 aliphatic rings. The quantitative estimate of drug-likeness (QED) is 0.488. The molecule has 1 rings (SSSR count). The van der Waals surface area contributed by atoms with Gasteiger partial charge in [-0.15, -0.1) is 0 Å². The number of nitrogens with zero attached hydrogens (tertiary/aromatic N) is 2. The Bertz CT molecular complexity index is 169. The second-order valence-corrected chi connectivity index (χ2v) is 2.01. The summed E-state index contributed by atoms with van der Waals surface area (Å²) in [5, 5.41) is 0. The predicted octanol–water partition coefficient (Wildman–Crippen LogP) is 1.04. The van der Waals surface area contributed by atoms with E-state index in [0.29, 0.717) is 0 Å². The van der Waals surface area contributed by atoms with E-state index >= 15 is 0 Å². The van der Waals surface area contributed by atoms with Crippen molar-refractivity contribution in [1.29, 1.82) is 0 Å². The van der Waals surface area contributed by atoms with Crippen molar-refractivity contribution in [2.75, 3.05) is 0 Å². The van der Waals surface area contributed by atoms with E-state index in [0.717, 1.165) is 5.82 Å². The van der Waals surface area contributed by atoms with Crippen LogP contribution in [0.15, 0.2) is 6.20 Å². The minimum absolute atomic E-state index is 1.07. The molecule has 0 unspecified atom stereocenters. The summed E-state index contributed by atoms with van der Waals surface area (Å²) in [4.78, 5) is 4.08. The Hall–Kier alpha value is -0.790. The molecule has 0 aliphatic carbocycles. The topological polar surface area (TPSA) is 17.8 Å². The summed E-state index contributed by atoms with van der Waals surface area (Å²) in [5.74, 6) is 1.07. The van der Waals surface area contributed by atoms with E-state index in [1.54, 1.807) is 0 Å². The highest BCUT2D eigenvalue weighted by molar-refractivity contribution is 4.99. The van der Waals surface area contributed by atoms with Crippen LogP contribution in [0.5, 0.6) is 0 Å². The van der Waals surface area contributed by atoms with Gasteiger partial charge in [0.15, 0.2) is 0 Å². The summed E-state index contributed by atoms with van der Waals surface area (Å²) in [6, 6.07) is 0. The van der Waals surface area contributed by atoms with Crippen LogP contribution in [0, 0.1) is 13.8 Å². The Morgan fingerprint density at radius 3 is 2.25 bits per heavy atom. The van der Waals surface area contributed by atoms with Gasteiger partial charge in [0.2, 0.25) is 0 Å². The summed E-state index contributed by atoms with van der Waals surface area (Å²) < 4.78 is 2.06. The fourth-order valence-corrected chi connectivity index (χ4v) is 0.615. The van der Waals surface area contributed by atoms with Crippen molar-refractivity contribution in [3.05, 3.63) is 17.7 Å². The zero-order valence-electron chi connectivity index (χ0n) is 5.47. The van der Waals surface area contributed by atoms with Crippen LogP contribution < -0.4 is 0 Å². The smallest absolute Gasteiger partial charge is 0.105 e. The molecule has 0 N–H and O–H groups in total. The van der Waals surface area contributed by atoms with E-state index in [9.17, 15) is 0 Å². The molecule has 8 heavy (non-hydrogen) atoms. The summed E-state index contributed by atoms with van der Waals surface area (Å²) in [6.07, 6.45) is 1.87. The first-order valence-corrected chi connectivity index (χ1v) is 2.66. The minimum atomic E-state index is 1.07. The molecule has 1 aromatic rings. The third kappa shape index (κ3) is 0.619. The van der Waals surface area contributed by atoms with Crippen LogP contribution in [0.25, 0.3) is 0 Å². The molecule has 0 aliphatic heterocycles. The second kappa shape index (κ2) is 1.62. The summed E-state index contributed by atoms with van der Waals surface area (Å²) in [6.45, 7) is 4.03. The van der Waals surface area contributed by atoms with Gasteiger partial charge in [-0.2, -0.15) is 0 Å². The number of hydrogen-bond acceptors (Lipinski definition) is 1. The zero-order valence-corrected chi connectivity index (χ0v) is 5.47. The third-order valence-corrected chi connectivity index (χ3v) is 1.45. The Morgan fingerprint density at radius 1 is 1.50 bits per heavy atom. The van der Waals surface area contributed by atoms with Crippen LogP contribution in [-0.4, -0.2) is 9.55 Å². The fourth-order valence-electron chi connectivity index (χ4n) is 0.615. The normalized spacial score (nSPS) is 9.88. The Labute approximate surface area is 49.2 Å². The molecule has 2 nitrogen and oxygen atoms in total. The van der Waals surface area contributed by atoms with Gasteiger partial charge in [-0.25, -0.2) is 4.98 Å². The van der Waals surface area contributed by atoms with Gasteiger partial charge in [0.1, 0.15) is 5.82 Å². The lowest BCUT2D eigenvalue weighted by Crippen LogP contribution is -1.92. The zero-order chi connectivity index (χ0) is 6.15. The highest BCUT2D eigenvalue weighted by Crippen LogP contribution is 1.96. The predicted molar refractivity (Wildman–Crippen MR) is 32.7 cm³/mol. The monoisotopic (exact) mass is 110 g/mol. The molecule has 0 atom stereocenters. The molecule has 0 spiro atoms. The first-order valence-electron chi connectivity index (χ1n) is 2.66. The van der Waals surface area contributed by atoms with Crippen molar-refractivity contribution in [3.8, 4) is 0 Å². The molecule has 0 saturated heterocycles. The number of imidazole rings is 1. The fraction of sp³-hybridized carbons (Fsp3) is 0.500. The van der Waals surface area contributed by atoms with Crippen LogP contribution >= 0.6 is 0 Å². The van der Waals surface area contributed by atoms with E-state index in [-0.39, 0.29) is 0 Å². The van der Waals surface area contributed by atoms with E-state index in [1.807, 2.05) is 27.1 Å². The standard InChI is InChI=1S/C6H10N2/c1-5-4-7-6(2)8(5)3/h4H,1-3H3. The van der Waals surface area contributed by atoms with Gasteiger partial charge in [-0.05, 0) is 13.8 Å². The molecule has 0 amide bonds. The van der Waals surface area contributed by atoms with Gasteiger partial charge in [-0.3, -0.25) is 0 Å². The maximum Gasteiger partial charge on any atom is 0.105 e. The second-order valence-electron chi connectivity index (χ2n) is 2.01. The van der Waals surface area contributed by atoms with Gasteiger partial charge in [-0.1, -0.05) is 0 Å². The van der Waals surface area contributed by atoms with Crippen molar-refractivity contribution in [1.82, 2.24) is 9.55 Å². The molecular weight excluding hydrogens is 100 g/mol. The SMILES string of the molecule is Cc1cnc(C)n1C. The van der Waals surface area contributed by atoms with Crippen LogP contribution in [0.3, 0.4) is 0 Å². The third-order valence-electron chi connectivity index (χ3n) is 1.45. The van der Waals surface area contributed by atoms with Gasteiger partial charge in [0.05, 0.1) is 0 Å². The molecular formula is C6H10N2. The molecule has 0 saturated carbocycles. The first-order chi connectivity index (χ1) is 3.72. The van der Waals surface area contributed by atoms with Crippen LogP contribution in [0.1, 0.15) is 11.5 Å². The van der Waals surface area contributed by atoms with Gasteiger partial charge >= 0.3 is 0 Å². The summed E-state index contributed by atoms with van der Waals surface area (Å²) in [5.41, 5.74) is 1.21. The Kier molecular flexibility index (Phi) is 1.08. The maximum absolute atomic E-state index is 4.08. The largest absolute Gasteiger partial charge is 0.336 e. The molecule has 0 aromatic carbocycles. The van der Waals surface area contributed by atoms with Crippen molar-refractivity contribution >= 4 is 0 Å². The highest BCUT2D eigenvalue weighted by atomic mass is 15.0. The number of hydrogen-bond donors (Lipinski definition) is 0. The summed E-state index contributed by atoms with van der Waals surface area (Å²) >= 11 is 0. The van der Waals surface area contributed by atoms with Crippen LogP contribution in [-0.2, 0) is 7.05 Å². The maximum atomic E-state index is 4.08. The number of aryl methyl sites for hydroxylation is 2.